The molecule has 0 fully saturated rings. The first-order valence-electron chi connectivity index (χ1n) is 2.29. The number of hydrogen-bond donors (Lipinski definition) is 0. The summed E-state index contributed by atoms with van der Waals surface area (Å²) in [6, 6.07) is 0. The summed E-state index contributed by atoms with van der Waals surface area (Å²) in [5.41, 5.74) is 0. The SMILES string of the molecule is CSCC=CC(F)(F)F. The Labute approximate surface area is 56.1 Å². The van der Waals surface area contributed by atoms with Gasteiger partial charge in [0.05, 0.1) is 0 Å². The summed E-state index contributed by atoms with van der Waals surface area (Å²) in [6.07, 6.45) is -1.04. The molecule has 0 bridgehead atoms. The van der Waals surface area contributed by atoms with Crippen molar-refractivity contribution in [3.63, 3.8) is 0 Å². The number of rotatable bonds is 2. The van der Waals surface area contributed by atoms with E-state index in [4.69, 9.17) is 0 Å². The molecule has 0 radical (unpaired) electrons. The van der Waals surface area contributed by atoms with E-state index in [1.165, 1.54) is 11.8 Å². The molecule has 0 saturated heterocycles. The summed E-state index contributed by atoms with van der Waals surface area (Å²) in [4.78, 5) is 0. The molecule has 9 heavy (non-hydrogen) atoms. The van der Waals surface area contributed by atoms with Crippen LogP contribution in [-0.2, 0) is 0 Å². The highest BCUT2D eigenvalue weighted by Crippen LogP contribution is 2.15. The zero-order chi connectivity index (χ0) is 7.33. The van der Waals surface area contributed by atoms with Crippen LogP contribution in [0.3, 0.4) is 0 Å². The zero-order valence-electron chi connectivity index (χ0n) is 4.90. The van der Waals surface area contributed by atoms with E-state index in [0.29, 0.717) is 5.75 Å². The normalized spacial score (nSPS) is 12.9. The smallest absolute Gasteiger partial charge is 0.167 e. The lowest BCUT2D eigenvalue weighted by Gasteiger charge is -1.95. The minimum atomic E-state index is -4.14. The van der Waals surface area contributed by atoms with Gasteiger partial charge in [0.2, 0.25) is 0 Å². The molecule has 0 aliphatic heterocycles. The molecular formula is C5H7F3S. The maximum Gasteiger partial charge on any atom is 0.409 e. The molecule has 0 saturated carbocycles. The van der Waals surface area contributed by atoms with Crippen molar-refractivity contribution in [2.75, 3.05) is 12.0 Å². The number of allylic oxidation sites excluding steroid dienone is 1. The fraction of sp³-hybridized carbons (Fsp3) is 0.600. The molecule has 0 spiro atoms. The van der Waals surface area contributed by atoms with Crippen molar-refractivity contribution in [2.45, 2.75) is 6.18 Å². The van der Waals surface area contributed by atoms with Crippen LogP contribution in [0, 0.1) is 0 Å². The Morgan fingerprint density at radius 1 is 1.44 bits per heavy atom. The monoisotopic (exact) mass is 156 g/mol. The van der Waals surface area contributed by atoms with Gasteiger partial charge in [0, 0.05) is 11.8 Å². The van der Waals surface area contributed by atoms with Gasteiger partial charge in [-0.3, -0.25) is 0 Å². The number of alkyl halides is 3. The summed E-state index contributed by atoms with van der Waals surface area (Å²) in [5, 5.41) is 0. The molecule has 0 N–H and O–H groups in total. The van der Waals surface area contributed by atoms with Crippen LogP contribution in [0.4, 0.5) is 13.2 Å². The lowest BCUT2D eigenvalue weighted by atomic mass is 10.5. The van der Waals surface area contributed by atoms with E-state index in [9.17, 15) is 13.2 Å². The van der Waals surface area contributed by atoms with Gasteiger partial charge in [-0.1, -0.05) is 6.08 Å². The van der Waals surface area contributed by atoms with Crippen molar-refractivity contribution in [1.82, 2.24) is 0 Å². The Hall–Kier alpha value is -0.120. The average Bonchev–Trinajstić information content (AvgIpc) is 1.63. The van der Waals surface area contributed by atoms with Gasteiger partial charge in [0.1, 0.15) is 0 Å². The van der Waals surface area contributed by atoms with Crippen LogP contribution in [0.2, 0.25) is 0 Å². The standard InChI is InChI=1S/C5H7F3S/c1-9-4-2-3-5(6,7)8/h2-3H,4H2,1H3. The second-order valence-electron chi connectivity index (χ2n) is 1.40. The predicted octanol–water partition coefficient (Wildman–Crippen LogP) is 2.47. The van der Waals surface area contributed by atoms with Crippen LogP contribution >= 0.6 is 11.8 Å². The number of hydrogen-bond acceptors (Lipinski definition) is 1. The molecule has 0 amide bonds. The van der Waals surface area contributed by atoms with Crippen LogP contribution < -0.4 is 0 Å². The van der Waals surface area contributed by atoms with Gasteiger partial charge in [-0.25, -0.2) is 0 Å². The molecule has 0 nitrogen and oxygen atoms in total. The van der Waals surface area contributed by atoms with E-state index in [-0.39, 0.29) is 6.08 Å². The molecule has 0 unspecified atom stereocenters. The maximum atomic E-state index is 11.3. The third-order valence-corrected chi connectivity index (χ3v) is 1.10. The molecule has 0 heterocycles. The first-order chi connectivity index (χ1) is 4.06. The minimum absolute atomic E-state index is 0.253. The lowest BCUT2D eigenvalue weighted by molar-refractivity contribution is -0.0799. The Balaban J connectivity index is 3.45. The first kappa shape index (κ1) is 8.88. The van der Waals surface area contributed by atoms with Crippen LogP contribution in [-0.4, -0.2) is 18.2 Å². The highest BCUT2D eigenvalue weighted by atomic mass is 32.2. The van der Waals surface area contributed by atoms with Crippen molar-refractivity contribution in [2.24, 2.45) is 0 Å². The van der Waals surface area contributed by atoms with Gasteiger partial charge in [0.25, 0.3) is 0 Å². The van der Waals surface area contributed by atoms with Crippen LogP contribution in [0.15, 0.2) is 12.2 Å². The van der Waals surface area contributed by atoms with Gasteiger partial charge >= 0.3 is 6.18 Å². The van der Waals surface area contributed by atoms with E-state index in [1.54, 1.807) is 6.26 Å². The number of thioether (sulfide) groups is 1. The zero-order valence-corrected chi connectivity index (χ0v) is 5.72. The van der Waals surface area contributed by atoms with E-state index >= 15 is 0 Å². The van der Waals surface area contributed by atoms with Gasteiger partial charge in [-0.05, 0) is 6.26 Å². The molecule has 4 heteroatoms. The Bertz CT molecular complexity index is 94.9. The fourth-order valence-corrected chi connectivity index (χ4v) is 0.567. The molecular weight excluding hydrogens is 149 g/mol. The van der Waals surface area contributed by atoms with Crippen molar-refractivity contribution in [1.29, 1.82) is 0 Å². The van der Waals surface area contributed by atoms with Crippen molar-refractivity contribution < 1.29 is 13.2 Å². The Kier molecular flexibility index (Phi) is 3.77. The van der Waals surface area contributed by atoms with Crippen LogP contribution in [0.5, 0.6) is 0 Å². The topological polar surface area (TPSA) is 0 Å². The van der Waals surface area contributed by atoms with Crippen LogP contribution in [0.25, 0.3) is 0 Å². The van der Waals surface area contributed by atoms with Gasteiger partial charge < -0.3 is 0 Å². The van der Waals surface area contributed by atoms with Crippen molar-refractivity contribution >= 4 is 11.8 Å². The van der Waals surface area contributed by atoms with Crippen LogP contribution in [0.1, 0.15) is 0 Å². The molecule has 0 rings (SSSR count). The molecule has 0 aromatic rings. The second-order valence-corrected chi connectivity index (χ2v) is 2.31. The molecule has 0 aromatic heterocycles. The first-order valence-corrected chi connectivity index (χ1v) is 3.69. The maximum absolute atomic E-state index is 11.3. The molecule has 0 aromatic carbocycles. The van der Waals surface area contributed by atoms with Crippen molar-refractivity contribution in [3.05, 3.63) is 12.2 Å². The fourth-order valence-electron chi connectivity index (χ4n) is 0.278. The number of halogens is 3. The van der Waals surface area contributed by atoms with E-state index < -0.39 is 6.18 Å². The third kappa shape index (κ3) is 7.88. The summed E-state index contributed by atoms with van der Waals surface area (Å²) < 4.78 is 33.8. The van der Waals surface area contributed by atoms with E-state index in [2.05, 4.69) is 0 Å². The summed E-state index contributed by atoms with van der Waals surface area (Å²) in [5.74, 6) is 0.416. The molecule has 0 aliphatic carbocycles. The van der Waals surface area contributed by atoms with E-state index in [0.717, 1.165) is 6.08 Å². The van der Waals surface area contributed by atoms with E-state index in [1.807, 2.05) is 0 Å². The highest BCUT2D eigenvalue weighted by molar-refractivity contribution is 7.98. The lowest BCUT2D eigenvalue weighted by Crippen LogP contribution is -2.00. The highest BCUT2D eigenvalue weighted by Gasteiger charge is 2.21. The molecule has 54 valence electrons. The molecule has 0 aliphatic rings. The van der Waals surface area contributed by atoms with Crippen molar-refractivity contribution in [3.8, 4) is 0 Å². The van der Waals surface area contributed by atoms with Gasteiger partial charge in [-0.2, -0.15) is 24.9 Å². The predicted molar refractivity (Wildman–Crippen MR) is 33.6 cm³/mol. The van der Waals surface area contributed by atoms with Gasteiger partial charge in [-0.15, -0.1) is 0 Å². The third-order valence-electron chi connectivity index (χ3n) is 0.570. The minimum Gasteiger partial charge on any atom is -0.167 e. The van der Waals surface area contributed by atoms with Gasteiger partial charge in [0.15, 0.2) is 0 Å². The summed E-state index contributed by atoms with van der Waals surface area (Å²) in [6.45, 7) is 0. The quantitative estimate of drug-likeness (QED) is 0.553. The largest absolute Gasteiger partial charge is 0.409 e. The average molecular weight is 156 g/mol. The molecule has 0 atom stereocenters. The Morgan fingerprint density at radius 2 is 2.00 bits per heavy atom. The summed E-state index contributed by atoms with van der Waals surface area (Å²) in [7, 11) is 0. The second kappa shape index (κ2) is 3.82. The Morgan fingerprint density at radius 3 is 2.33 bits per heavy atom. The summed E-state index contributed by atoms with van der Waals surface area (Å²) >= 11 is 1.36.